The van der Waals surface area contributed by atoms with Crippen LogP contribution >= 0.6 is 12.2 Å². The van der Waals surface area contributed by atoms with E-state index in [1.54, 1.807) is 12.1 Å². The highest BCUT2D eigenvalue weighted by Gasteiger charge is 2.31. The Morgan fingerprint density at radius 1 is 1.06 bits per heavy atom. The van der Waals surface area contributed by atoms with Gasteiger partial charge in [0.25, 0.3) is 0 Å². The van der Waals surface area contributed by atoms with Crippen molar-refractivity contribution in [3.63, 3.8) is 0 Å². The number of halogens is 3. The van der Waals surface area contributed by atoms with Crippen LogP contribution in [0.5, 0.6) is 0 Å². The third-order valence-electron chi connectivity index (χ3n) is 5.31. The van der Waals surface area contributed by atoms with E-state index in [0.29, 0.717) is 48.2 Å². The summed E-state index contributed by atoms with van der Waals surface area (Å²) in [6.45, 7) is 4.10. The van der Waals surface area contributed by atoms with E-state index in [1.807, 2.05) is 28.9 Å². The molecule has 2 heterocycles. The molecule has 31 heavy (non-hydrogen) atoms. The van der Waals surface area contributed by atoms with E-state index in [1.165, 1.54) is 18.2 Å². The Kier molecular flexibility index (Phi) is 5.62. The lowest BCUT2D eigenvalue weighted by atomic mass is 10.1. The maximum atomic E-state index is 13.0. The van der Waals surface area contributed by atoms with Crippen LogP contribution in [0, 0.1) is 6.92 Å². The summed E-state index contributed by atoms with van der Waals surface area (Å²) in [5, 5.41) is 4.52. The zero-order valence-electron chi connectivity index (χ0n) is 16.7. The summed E-state index contributed by atoms with van der Waals surface area (Å²) in [4.78, 5) is 15.5. The van der Waals surface area contributed by atoms with Crippen molar-refractivity contribution in [1.82, 2.24) is 4.90 Å². The average molecular weight is 447 g/mol. The van der Waals surface area contributed by atoms with Crippen LogP contribution in [0.25, 0.3) is 11.0 Å². The zero-order valence-corrected chi connectivity index (χ0v) is 17.5. The fourth-order valence-corrected chi connectivity index (χ4v) is 3.95. The molecule has 1 aliphatic rings. The second-order valence-corrected chi connectivity index (χ2v) is 7.80. The summed E-state index contributed by atoms with van der Waals surface area (Å²) < 4.78 is 44.2. The first-order valence-electron chi connectivity index (χ1n) is 9.73. The van der Waals surface area contributed by atoms with Gasteiger partial charge in [-0.25, -0.2) is 4.79 Å². The van der Waals surface area contributed by atoms with Crippen molar-refractivity contribution in [2.45, 2.75) is 13.1 Å². The van der Waals surface area contributed by atoms with Crippen LogP contribution in [-0.4, -0.2) is 36.2 Å². The van der Waals surface area contributed by atoms with E-state index in [2.05, 4.69) is 5.32 Å². The topological polar surface area (TPSA) is 48.7 Å². The second-order valence-electron chi connectivity index (χ2n) is 7.41. The Hall–Kier alpha value is -3.07. The third-order valence-corrected chi connectivity index (χ3v) is 5.67. The molecule has 9 heteroatoms. The van der Waals surface area contributed by atoms with E-state index in [-0.39, 0.29) is 0 Å². The molecule has 0 unspecified atom stereocenters. The number of nitrogens with zero attached hydrogens (tertiary/aromatic N) is 2. The monoisotopic (exact) mass is 447 g/mol. The number of hydrogen-bond donors (Lipinski definition) is 1. The zero-order chi connectivity index (χ0) is 22.2. The normalized spacial score (nSPS) is 14.7. The summed E-state index contributed by atoms with van der Waals surface area (Å²) in [6, 6.07) is 12.3. The molecular weight excluding hydrogens is 427 g/mol. The van der Waals surface area contributed by atoms with Crippen molar-refractivity contribution in [2.24, 2.45) is 0 Å². The lowest BCUT2D eigenvalue weighted by Gasteiger charge is -2.37. The fraction of sp³-hybridized carbons (Fsp3) is 0.273. The number of thiocarbonyl (C=S) groups is 1. The van der Waals surface area contributed by atoms with Gasteiger partial charge in [-0.3, -0.25) is 0 Å². The van der Waals surface area contributed by atoms with Crippen LogP contribution in [0.2, 0.25) is 0 Å². The first-order valence-corrected chi connectivity index (χ1v) is 10.1. The molecular formula is C22H20F3N3O2S. The summed E-state index contributed by atoms with van der Waals surface area (Å²) in [6.07, 6.45) is -4.36. The number of aryl methyl sites for hydroxylation is 1. The van der Waals surface area contributed by atoms with Gasteiger partial charge in [0.2, 0.25) is 0 Å². The van der Waals surface area contributed by atoms with Gasteiger partial charge in [-0.1, -0.05) is 6.07 Å². The van der Waals surface area contributed by atoms with Crippen LogP contribution in [0.1, 0.15) is 11.1 Å². The van der Waals surface area contributed by atoms with Crippen molar-refractivity contribution in [3.8, 4) is 0 Å². The molecule has 4 rings (SSSR count). The highest BCUT2D eigenvalue weighted by Crippen LogP contribution is 2.32. The number of piperazine rings is 1. The summed E-state index contributed by atoms with van der Waals surface area (Å²) in [5.41, 5.74) is 1.51. The molecule has 1 fully saturated rings. The number of alkyl halides is 3. The average Bonchev–Trinajstić information content (AvgIpc) is 2.73. The highest BCUT2D eigenvalue weighted by molar-refractivity contribution is 7.80. The Labute approximate surface area is 182 Å². The first kappa shape index (κ1) is 21.2. The molecule has 1 N–H and O–H groups in total. The van der Waals surface area contributed by atoms with E-state index < -0.39 is 17.4 Å². The van der Waals surface area contributed by atoms with Crippen LogP contribution in [0.4, 0.5) is 24.5 Å². The molecule has 162 valence electrons. The molecule has 1 aliphatic heterocycles. The van der Waals surface area contributed by atoms with Gasteiger partial charge in [-0.2, -0.15) is 13.2 Å². The molecule has 0 amide bonds. The Balaban J connectivity index is 1.41. The Morgan fingerprint density at radius 3 is 2.52 bits per heavy atom. The van der Waals surface area contributed by atoms with Gasteiger partial charge in [0, 0.05) is 55.1 Å². The van der Waals surface area contributed by atoms with Crippen LogP contribution in [0.15, 0.2) is 57.7 Å². The van der Waals surface area contributed by atoms with Crippen molar-refractivity contribution in [2.75, 3.05) is 36.4 Å². The number of rotatable bonds is 2. The standard InChI is InChI=1S/C22H20F3N3O2S/c1-14-11-20(29)30-19-13-16(5-6-18(14)19)26-21(31)28-9-7-27(8-10-28)17-4-2-3-15(12-17)22(23,24)25/h2-6,11-13H,7-10H2,1H3,(H,26,31). The molecule has 2 aromatic carbocycles. The molecule has 0 atom stereocenters. The van der Waals surface area contributed by atoms with Gasteiger partial charge in [-0.05, 0) is 55.0 Å². The Bertz CT molecular complexity index is 1180. The molecule has 1 aromatic heterocycles. The van der Waals surface area contributed by atoms with Crippen molar-refractivity contribution < 1.29 is 17.6 Å². The van der Waals surface area contributed by atoms with Gasteiger partial charge in [-0.15, -0.1) is 0 Å². The highest BCUT2D eigenvalue weighted by atomic mass is 32.1. The predicted octanol–water partition coefficient (Wildman–Crippen LogP) is 4.64. The van der Waals surface area contributed by atoms with Crippen molar-refractivity contribution >= 4 is 39.7 Å². The quantitative estimate of drug-likeness (QED) is 0.456. The van der Waals surface area contributed by atoms with Gasteiger partial charge in [0.1, 0.15) is 5.58 Å². The maximum absolute atomic E-state index is 13.0. The largest absolute Gasteiger partial charge is 0.423 e. The molecule has 0 bridgehead atoms. The molecule has 5 nitrogen and oxygen atoms in total. The minimum atomic E-state index is -4.36. The third kappa shape index (κ3) is 4.66. The Morgan fingerprint density at radius 2 is 1.81 bits per heavy atom. The summed E-state index contributed by atoms with van der Waals surface area (Å²) in [7, 11) is 0. The summed E-state index contributed by atoms with van der Waals surface area (Å²) >= 11 is 5.51. The SMILES string of the molecule is Cc1cc(=O)oc2cc(NC(=S)N3CCN(c4cccc(C(F)(F)F)c4)CC3)ccc12. The van der Waals surface area contributed by atoms with Gasteiger partial charge >= 0.3 is 11.8 Å². The van der Waals surface area contributed by atoms with E-state index in [9.17, 15) is 18.0 Å². The van der Waals surface area contributed by atoms with Gasteiger partial charge in [0.05, 0.1) is 5.56 Å². The molecule has 0 radical (unpaired) electrons. The first-order chi connectivity index (χ1) is 14.7. The minimum Gasteiger partial charge on any atom is -0.423 e. The molecule has 0 saturated carbocycles. The molecule has 0 spiro atoms. The lowest BCUT2D eigenvalue weighted by Crippen LogP contribution is -2.50. The maximum Gasteiger partial charge on any atom is 0.416 e. The smallest absolute Gasteiger partial charge is 0.416 e. The molecule has 1 saturated heterocycles. The molecule has 0 aliphatic carbocycles. The van der Waals surface area contributed by atoms with Crippen molar-refractivity contribution in [1.29, 1.82) is 0 Å². The van der Waals surface area contributed by atoms with Crippen LogP contribution in [0.3, 0.4) is 0 Å². The number of fused-ring (bicyclic) bond motifs is 1. The predicted molar refractivity (Wildman–Crippen MR) is 119 cm³/mol. The van der Waals surface area contributed by atoms with Crippen LogP contribution < -0.4 is 15.8 Å². The summed E-state index contributed by atoms with van der Waals surface area (Å²) in [5.74, 6) is 0. The van der Waals surface area contributed by atoms with E-state index in [0.717, 1.165) is 17.0 Å². The lowest BCUT2D eigenvalue weighted by molar-refractivity contribution is -0.137. The molecule has 3 aromatic rings. The van der Waals surface area contributed by atoms with Crippen molar-refractivity contribution in [3.05, 3.63) is 70.1 Å². The fourth-order valence-electron chi connectivity index (χ4n) is 3.65. The number of nitrogens with one attached hydrogen (secondary N) is 1. The minimum absolute atomic E-state index is 0.407. The van der Waals surface area contributed by atoms with E-state index >= 15 is 0 Å². The second kappa shape index (κ2) is 8.22. The van der Waals surface area contributed by atoms with E-state index in [4.69, 9.17) is 16.6 Å². The number of benzene rings is 2. The van der Waals surface area contributed by atoms with Gasteiger partial charge in [0.15, 0.2) is 5.11 Å². The van der Waals surface area contributed by atoms with Gasteiger partial charge < -0.3 is 19.5 Å². The number of hydrogen-bond acceptors (Lipinski definition) is 4. The number of anilines is 2. The van der Waals surface area contributed by atoms with Crippen LogP contribution in [-0.2, 0) is 6.18 Å².